The highest BCUT2D eigenvalue weighted by atomic mass is 16.4. The lowest BCUT2D eigenvalue weighted by molar-refractivity contribution is -0.141. The fraction of sp³-hybridized carbons (Fsp3) is 0.359. The molecule has 0 spiro atoms. The van der Waals surface area contributed by atoms with Crippen LogP contribution in [0.5, 0.6) is 0 Å². The smallest absolute Gasteiger partial charge is 0.307 e. The third kappa shape index (κ3) is 6.18. The van der Waals surface area contributed by atoms with Gasteiger partial charge >= 0.3 is 5.97 Å². The van der Waals surface area contributed by atoms with E-state index in [0.29, 0.717) is 86.3 Å². The lowest BCUT2D eigenvalue weighted by Crippen LogP contribution is -2.37. The maximum atomic E-state index is 12.9. The standard InChI is InChI=1S/C39H38N6O6/c1-22-28(5-3-7-30(22)37-42-33-19-45(20-34(33)50-37)35(47)21-44-12-10-27(46)18-44)29-6-4-8-31(23(29)2)38-41-32-14-24(13-26(15-40)36(32)51-38)16-43-11-9-25(17-43)39(48)49/h3-8,13-14,25,27,46H,9-12,16-21H2,1-2H3,(H,48,49). The first-order valence-corrected chi connectivity index (χ1v) is 17.3. The van der Waals surface area contributed by atoms with Crippen LogP contribution >= 0.6 is 0 Å². The van der Waals surface area contributed by atoms with Gasteiger partial charge in [0.1, 0.15) is 23.0 Å². The second-order valence-electron chi connectivity index (χ2n) is 14.0. The quantitative estimate of drug-likeness (QED) is 0.223. The summed E-state index contributed by atoms with van der Waals surface area (Å²) in [5.41, 5.74) is 8.72. The number of benzene rings is 3. The van der Waals surface area contributed by atoms with E-state index in [4.69, 9.17) is 18.8 Å². The van der Waals surface area contributed by atoms with Crippen LogP contribution in [0.2, 0.25) is 0 Å². The van der Waals surface area contributed by atoms with E-state index in [1.54, 1.807) is 11.0 Å². The number of likely N-dealkylation sites (tertiary alicyclic amines) is 2. The van der Waals surface area contributed by atoms with Gasteiger partial charge in [0.25, 0.3) is 0 Å². The molecule has 260 valence electrons. The molecule has 5 aromatic rings. The van der Waals surface area contributed by atoms with Gasteiger partial charge in [-0.05, 0) is 85.3 Å². The number of aliphatic hydroxyl groups excluding tert-OH is 1. The van der Waals surface area contributed by atoms with E-state index < -0.39 is 5.97 Å². The normalized spacial score (nSPS) is 19.2. The summed E-state index contributed by atoms with van der Waals surface area (Å²) in [5, 5.41) is 29.2. The number of carboxylic acid groups (broad SMARTS) is 1. The third-order valence-corrected chi connectivity index (χ3v) is 10.5. The number of amides is 1. The van der Waals surface area contributed by atoms with Gasteiger partial charge in [0, 0.05) is 37.3 Å². The monoisotopic (exact) mass is 686 g/mol. The van der Waals surface area contributed by atoms with Gasteiger partial charge in [-0.15, -0.1) is 0 Å². The van der Waals surface area contributed by atoms with Gasteiger partial charge in [-0.25, -0.2) is 9.97 Å². The van der Waals surface area contributed by atoms with Gasteiger partial charge in [0.2, 0.25) is 17.7 Å². The SMILES string of the molecule is Cc1c(-c2nc3c(o2)CN(C(=O)CN2CCC(O)C2)C3)cccc1-c1cccc(-c2nc3cc(CN4CCC(C(=O)O)C4)cc(C#N)c3o2)c1C. The fourth-order valence-electron chi connectivity index (χ4n) is 7.71. The Morgan fingerprint density at radius 1 is 0.902 bits per heavy atom. The molecule has 12 heteroatoms. The second-order valence-corrected chi connectivity index (χ2v) is 14.0. The van der Waals surface area contributed by atoms with Crippen molar-refractivity contribution in [1.82, 2.24) is 24.7 Å². The van der Waals surface area contributed by atoms with Crippen LogP contribution in [0.4, 0.5) is 0 Å². The lowest BCUT2D eigenvalue weighted by Gasteiger charge is -2.20. The average molecular weight is 687 g/mol. The van der Waals surface area contributed by atoms with Crippen molar-refractivity contribution >= 4 is 23.0 Å². The molecule has 0 bridgehead atoms. The molecule has 12 nitrogen and oxygen atoms in total. The van der Waals surface area contributed by atoms with Gasteiger partial charge in [-0.3, -0.25) is 19.4 Å². The predicted octanol–water partition coefficient (Wildman–Crippen LogP) is 5.12. The average Bonchev–Trinajstić information content (AvgIpc) is 3.94. The molecule has 51 heavy (non-hydrogen) atoms. The number of β-amino-alcohol motifs (C(OH)–C–C–N with tert-alkyl or cyclic N) is 1. The van der Waals surface area contributed by atoms with Crippen molar-refractivity contribution in [2.75, 3.05) is 32.7 Å². The van der Waals surface area contributed by atoms with Crippen molar-refractivity contribution in [2.24, 2.45) is 5.92 Å². The molecular weight excluding hydrogens is 648 g/mol. The van der Waals surface area contributed by atoms with Crippen LogP contribution in [0.15, 0.2) is 57.4 Å². The molecule has 2 atom stereocenters. The second kappa shape index (κ2) is 13.1. The van der Waals surface area contributed by atoms with Gasteiger partial charge in [-0.2, -0.15) is 5.26 Å². The number of carbonyl (C=O) groups excluding carboxylic acids is 1. The van der Waals surface area contributed by atoms with Crippen LogP contribution < -0.4 is 0 Å². The van der Waals surface area contributed by atoms with E-state index >= 15 is 0 Å². The summed E-state index contributed by atoms with van der Waals surface area (Å²) in [6, 6.07) is 18.0. The van der Waals surface area contributed by atoms with Crippen LogP contribution in [-0.2, 0) is 29.2 Å². The van der Waals surface area contributed by atoms with E-state index in [0.717, 1.165) is 51.2 Å². The Kier molecular flexibility index (Phi) is 8.42. The largest absolute Gasteiger partial charge is 0.481 e. The Balaban J connectivity index is 1.04. The molecule has 2 saturated heterocycles. The summed E-state index contributed by atoms with van der Waals surface area (Å²) in [7, 11) is 0. The number of hydrogen-bond donors (Lipinski definition) is 2. The van der Waals surface area contributed by atoms with Crippen LogP contribution in [0, 0.1) is 31.1 Å². The van der Waals surface area contributed by atoms with Gasteiger partial charge in [-0.1, -0.05) is 24.3 Å². The van der Waals surface area contributed by atoms with Crippen LogP contribution in [0.25, 0.3) is 45.1 Å². The number of fused-ring (bicyclic) bond motifs is 2. The zero-order valence-electron chi connectivity index (χ0n) is 28.6. The summed E-state index contributed by atoms with van der Waals surface area (Å²) >= 11 is 0. The molecule has 8 rings (SSSR count). The van der Waals surface area contributed by atoms with E-state index in [-0.39, 0.29) is 24.5 Å². The molecule has 0 saturated carbocycles. The number of aliphatic carboxylic acids is 1. The Hall–Kier alpha value is -5.35. The third-order valence-electron chi connectivity index (χ3n) is 10.5. The molecule has 1 amide bonds. The summed E-state index contributed by atoms with van der Waals surface area (Å²) in [6.07, 6.45) is 0.945. The van der Waals surface area contributed by atoms with E-state index in [2.05, 4.69) is 23.1 Å². The zero-order chi connectivity index (χ0) is 35.4. The molecular formula is C39H38N6O6. The minimum atomic E-state index is -0.773. The molecule has 2 N–H and O–H groups in total. The summed E-state index contributed by atoms with van der Waals surface area (Å²) in [6.45, 7) is 8.10. The number of nitrogens with zero attached hydrogens (tertiary/aromatic N) is 6. The van der Waals surface area contributed by atoms with Crippen LogP contribution in [-0.4, -0.2) is 85.6 Å². The zero-order valence-corrected chi connectivity index (χ0v) is 28.6. The number of aliphatic hydroxyl groups is 1. The van der Waals surface area contributed by atoms with Gasteiger partial charge in [0.05, 0.1) is 37.2 Å². The first kappa shape index (κ1) is 32.8. The molecule has 0 radical (unpaired) electrons. The predicted molar refractivity (Wildman–Crippen MR) is 187 cm³/mol. The van der Waals surface area contributed by atoms with Crippen molar-refractivity contribution < 1.29 is 28.6 Å². The lowest BCUT2D eigenvalue weighted by atomic mass is 9.91. The van der Waals surface area contributed by atoms with Crippen molar-refractivity contribution in [3.8, 4) is 40.1 Å². The van der Waals surface area contributed by atoms with E-state index in [1.807, 2.05) is 49.1 Å². The van der Waals surface area contributed by atoms with Crippen LogP contribution in [0.1, 0.15) is 46.5 Å². The first-order chi connectivity index (χ1) is 24.6. The van der Waals surface area contributed by atoms with E-state index in [9.17, 15) is 25.1 Å². The molecule has 3 aliphatic heterocycles. The Morgan fingerprint density at radius 3 is 2.22 bits per heavy atom. The van der Waals surface area contributed by atoms with E-state index in [1.165, 1.54) is 0 Å². The maximum absolute atomic E-state index is 12.9. The van der Waals surface area contributed by atoms with Crippen molar-refractivity contribution in [1.29, 1.82) is 5.26 Å². The Labute approximate surface area is 294 Å². The highest BCUT2D eigenvalue weighted by Crippen LogP contribution is 2.39. The van der Waals surface area contributed by atoms with Crippen molar-refractivity contribution in [3.05, 3.63) is 82.2 Å². The summed E-state index contributed by atoms with van der Waals surface area (Å²) < 4.78 is 12.5. The number of carboxylic acids is 1. The molecule has 0 aliphatic carbocycles. The first-order valence-electron chi connectivity index (χ1n) is 17.3. The number of rotatable bonds is 8. The highest BCUT2D eigenvalue weighted by Gasteiger charge is 2.32. The molecule has 5 heterocycles. The molecule has 3 aromatic carbocycles. The number of carbonyl (C=O) groups is 2. The van der Waals surface area contributed by atoms with Gasteiger partial charge in [0.15, 0.2) is 5.58 Å². The number of aromatic nitrogens is 2. The summed E-state index contributed by atoms with van der Waals surface area (Å²) in [5.74, 6) is 0.502. The molecule has 2 fully saturated rings. The van der Waals surface area contributed by atoms with Crippen LogP contribution in [0.3, 0.4) is 0 Å². The molecule has 2 aromatic heterocycles. The Bertz CT molecular complexity index is 2210. The van der Waals surface area contributed by atoms with Gasteiger partial charge < -0.3 is 23.9 Å². The maximum Gasteiger partial charge on any atom is 0.307 e. The summed E-state index contributed by atoms with van der Waals surface area (Å²) in [4.78, 5) is 39.9. The van der Waals surface area contributed by atoms with Crippen molar-refractivity contribution in [2.45, 2.75) is 52.4 Å². The molecule has 2 unspecified atom stereocenters. The number of oxazole rings is 2. The minimum Gasteiger partial charge on any atom is -0.481 e. The number of nitriles is 1. The fourth-order valence-corrected chi connectivity index (χ4v) is 7.71. The van der Waals surface area contributed by atoms with Crippen molar-refractivity contribution in [3.63, 3.8) is 0 Å². The minimum absolute atomic E-state index is 0.00775. The highest BCUT2D eigenvalue weighted by molar-refractivity contribution is 5.85. The topological polar surface area (TPSA) is 160 Å². The Morgan fingerprint density at radius 2 is 1.59 bits per heavy atom. The molecule has 3 aliphatic rings. The number of hydrogen-bond acceptors (Lipinski definition) is 10.